The van der Waals surface area contributed by atoms with Crippen molar-refractivity contribution < 1.29 is 14.7 Å². The van der Waals surface area contributed by atoms with Crippen LogP contribution in [-0.2, 0) is 11.2 Å². The maximum Gasteiger partial charge on any atom is 0.308 e. The molecule has 108 valence electrons. The van der Waals surface area contributed by atoms with Crippen LogP contribution >= 0.6 is 36.2 Å². The van der Waals surface area contributed by atoms with Gasteiger partial charge >= 0.3 is 5.97 Å². The lowest BCUT2D eigenvalue weighted by Crippen LogP contribution is -2.29. The number of rotatable bonds is 3. The molecule has 1 unspecified atom stereocenters. The lowest BCUT2D eigenvalue weighted by atomic mass is 10.1. The number of likely N-dealkylation sites (tertiary alicyclic amines) is 1. The number of carbonyl (C=O) groups is 2. The average Bonchev–Trinajstić information content (AvgIpc) is 2.97. The summed E-state index contributed by atoms with van der Waals surface area (Å²) in [5, 5.41) is 9.81. The topological polar surface area (TPSA) is 70.5 Å². The van der Waals surface area contributed by atoms with Gasteiger partial charge in [-0.05, 0) is 12.8 Å². The summed E-state index contributed by atoms with van der Waals surface area (Å²) in [6.45, 7) is 2.83. The Morgan fingerprint density at radius 1 is 1.53 bits per heavy atom. The van der Waals surface area contributed by atoms with Crippen LogP contribution in [0.3, 0.4) is 0 Å². The van der Waals surface area contributed by atoms with E-state index in [4.69, 9.17) is 5.11 Å². The third kappa shape index (κ3) is 4.06. The van der Waals surface area contributed by atoms with Crippen LogP contribution in [0.25, 0.3) is 0 Å². The largest absolute Gasteiger partial charge is 0.481 e. The van der Waals surface area contributed by atoms with Crippen LogP contribution in [0, 0.1) is 5.92 Å². The second-order valence-corrected chi connectivity index (χ2v) is 5.16. The molecule has 1 aliphatic heterocycles. The lowest BCUT2D eigenvalue weighted by Gasteiger charge is -2.13. The SMILES string of the molecule is CCc1ncc(C(=O)N2CCC(C(=O)O)C2)s1.Cl.Cl. The first-order chi connectivity index (χ1) is 8.11. The van der Waals surface area contributed by atoms with Crippen LogP contribution in [0.15, 0.2) is 6.20 Å². The fraction of sp³-hybridized carbons (Fsp3) is 0.545. The van der Waals surface area contributed by atoms with Gasteiger partial charge in [0.05, 0.1) is 17.1 Å². The minimum atomic E-state index is -0.821. The van der Waals surface area contributed by atoms with Gasteiger partial charge in [-0.1, -0.05) is 6.92 Å². The number of carboxylic acids is 1. The maximum absolute atomic E-state index is 12.0. The highest BCUT2D eigenvalue weighted by Gasteiger charge is 2.31. The molecule has 1 saturated heterocycles. The Bertz CT molecular complexity index is 453. The summed E-state index contributed by atoms with van der Waals surface area (Å²) in [6, 6.07) is 0. The van der Waals surface area contributed by atoms with E-state index in [2.05, 4.69) is 4.98 Å². The van der Waals surface area contributed by atoms with Crippen molar-refractivity contribution in [3.8, 4) is 0 Å². The second-order valence-electron chi connectivity index (χ2n) is 4.05. The zero-order valence-corrected chi connectivity index (χ0v) is 12.8. The summed E-state index contributed by atoms with van der Waals surface area (Å²) in [5.74, 6) is -1.33. The Labute approximate surface area is 127 Å². The van der Waals surface area contributed by atoms with E-state index in [-0.39, 0.29) is 30.7 Å². The second kappa shape index (κ2) is 7.67. The number of amides is 1. The van der Waals surface area contributed by atoms with Gasteiger partial charge in [-0.3, -0.25) is 9.59 Å². The zero-order chi connectivity index (χ0) is 12.4. The van der Waals surface area contributed by atoms with Gasteiger partial charge in [-0.2, -0.15) is 0 Å². The van der Waals surface area contributed by atoms with Crippen LogP contribution in [0.2, 0.25) is 0 Å². The number of thiazole rings is 1. The third-order valence-corrected chi connectivity index (χ3v) is 4.02. The molecule has 1 aromatic heterocycles. The number of aliphatic carboxylic acids is 1. The number of aryl methyl sites for hydroxylation is 1. The molecule has 0 spiro atoms. The Morgan fingerprint density at radius 3 is 2.68 bits per heavy atom. The normalized spacial score (nSPS) is 17.5. The van der Waals surface area contributed by atoms with Gasteiger partial charge in [0.25, 0.3) is 5.91 Å². The molecule has 1 amide bonds. The van der Waals surface area contributed by atoms with Crippen molar-refractivity contribution in [1.82, 2.24) is 9.88 Å². The number of halogens is 2. The predicted molar refractivity (Wildman–Crippen MR) is 77.6 cm³/mol. The van der Waals surface area contributed by atoms with Crippen molar-refractivity contribution in [3.05, 3.63) is 16.1 Å². The maximum atomic E-state index is 12.0. The van der Waals surface area contributed by atoms with E-state index in [1.165, 1.54) is 11.3 Å². The summed E-state index contributed by atoms with van der Waals surface area (Å²) in [4.78, 5) is 29.2. The molecule has 0 aromatic carbocycles. The van der Waals surface area contributed by atoms with Crippen molar-refractivity contribution in [2.24, 2.45) is 5.92 Å². The molecule has 0 bridgehead atoms. The van der Waals surface area contributed by atoms with Gasteiger partial charge < -0.3 is 10.0 Å². The van der Waals surface area contributed by atoms with Crippen LogP contribution in [0.5, 0.6) is 0 Å². The van der Waals surface area contributed by atoms with E-state index in [9.17, 15) is 9.59 Å². The summed E-state index contributed by atoms with van der Waals surface area (Å²) < 4.78 is 0. The molecule has 5 nitrogen and oxygen atoms in total. The number of carboxylic acid groups (broad SMARTS) is 1. The Hall–Kier alpha value is -0.850. The first-order valence-corrected chi connectivity index (χ1v) is 6.40. The number of aromatic nitrogens is 1. The minimum absolute atomic E-state index is 0. The molecule has 0 radical (unpaired) electrons. The monoisotopic (exact) mass is 326 g/mol. The van der Waals surface area contributed by atoms with Gasteiger partial charge in [0.15, 0.2) is 0 Å². The van der Waals surface area contributed by atoms with Crippen molar-refractivity contribution in [1.29, 1.82) is 0 Å². The third-order valence-electron chi connectivity index (χ3n) is 2.89. The Kier molecular flexibility index (Phi) is 7.33. The summed E-state index contributed by atoms with van der Waals surface area (Å²) in [6.07, 6.45) is 2.94. The van der Waals surface area contributed by atoms with Gasteiger partial charge in [0.2, 0.25) is 0 Å². The van der Waals surface area contributed by atoms with Crippen molar-refractivity contribution in [3.63, 3.8) is 0 Å². The van der Waals surface area contributed by atoms with Crippen molar-refractivity contribution in [2.75, 3.05) is 13.1 Å². The van der Waals surface area contributed by atoms with E-state index in [0.29, 0.717) is 24.4 Å². The molecule has 1 atom stereocenters. The van der Waals surface area contributed by atoms with Crippen molar-refractivity contribution >= 4 is 48.0 Å². The summed E-state index contributed by atoms with van der Waals surface area (Å²) in [7, 11) is 0. The molecule has 1 aliphatic rings. The van der Waals surface area contributed by atoms with Crippen molar-refractivity contribution in [2.45, 2.75) is 19.8 Å². The zero-order valence-electron chi connectivity index (χ0n) is 10.4. The average molecular weight is 327 g/mol. The van der Waals surface area contributed by atoms with Crippen LogP contribution in [0.4, 0.5) is 0 Å². The molecule has 1 N–H and O–H groups in total. The Morgan fingerprint density at radius 2 is 2.21 bits per heavy atom. The van der Waals surface area contributed by atoms with Gasteiger partial charge in [-0.25, -0.2) is 4.98 Å². The number of nitrogens with zero attached hydrogens (tertiary/aromatic N) is 2. The number of hydrogen-bond donors (Lipinski definition) is 1. The first-order valence-electron chi connectivity index (χ1n) is 5.58. The van der Waals surface area contributed by atoms with E-state index in [0.717, 1.165) is 11.4 Å². The standard InChI is InChI=1S/C11H14N2O3S.2ClH/c1-2-9-12-5-8(17-9)10(14)13-4-3-7(6-13)11(15)16;;/h5,7H,2-4,6H2,1H3,(H,15,16);2*1H. The number of carbonyl (C=O) groups excluding carboxylic acids is 1. The molecule has 1 fully saturated rings. The highest BCUT2D eigenvalue weighted by Crippen LogP contribution is 2.21. The smallest absolute Gasteiger partial charge is 0.308 e. The van der Waals surface area contributed by atoms with Gasteiger partial charge in [0.1, 0.15) is 4.88 Å². The molecular formula is C11H16Cl2N2O3S. The molecule has 2 rings (SSSR count). The van der Waals surface area contributed by atoms with Gasteiger partial charge in [-0.15, -0.1) is 36.2 Å². The number of hydrogen-bond acceptors (Lipinski definition) is 4. The van der Waals surface area contributed by atoms with Crippen LogP contribution in [0.1, 0.15) is 28.0 Å². The van der Waals surface area contributed by atoms with Crippen LogP contribution < -0.4 is 0 Å². The fourth-order valence-electron chi connectivity index (χ4n) is 1.87. The van der Waals surface area contributed by atoms with E-state index < -0.39 is 11.9 Å². The molecule has 0 aliphatic carbocycles. The molecule has 1 aromatic rings. The fourth-order valence-corrected chi connectivity index (χ4v) is 2.70. The van der Waals surface area contributed by atoms with Gasteiger partial charge in [0, 0.05) is 13.1 Å². The van der Waals surface area contributed by atoms with E-state index in [1.807, 2.05) is 6.92 Å². The predicted octanol–water partition coefficient (Wildman–Crippen LogP) is 2.10. The minimum Gasteiger partial charge on any atom is -0.481 e. The Balaban J connectivity index is 0.00000162. The highest BCUT2D eigenvalue weighted by molar-refractivity contribution is 7.13. The highest BCUT2D eigenvalue weighted by atomic mass is 35.5. The van der Waals surface area contributed by atoms with E-state index >= 15 is 0 Å². The van der Waals surface area contributed by atoms with Crippen LogP contribution in [-0.4, -0.2) is 40.0 Å². The molecule has 8 heteroatoms. The molecule has 19 heavy (non-hydrogen) atoms. The summed E-state index contributed by atoms with van der Waals surface area (Å²) >= 11 is 1.39. The summed E-state index contributed by atoms with van der Waals surface area (Å²) in [5.41, 5.74) is 0. The quantitative estimate of drug-likeness (QED) is 0.923. The van der Waals surface area contributed by atoms with E-state index in [1.54, 1.807) is 11.1 Å². The molecule has 0 saturated carbocycles. The lowest BCUT2D eigenvalue weighted by molar-refractivity contribution is -0.141. The molecule has 2 heterocycles. The molecular weight excluding hydrogens is 311 g/mol. The first kappa shape index (κ1) is 18.1.